The number of amides is 1. The number of benzene rings is 2. The Morgan fingerprint density at radius 3 is 2.68 bits per heavy atom. The lowest BCUT2D eigenvalue weighted by molar-refractivity contribution is -0.139. The Bertz CT molecular complexity index is 1020. The van der Waals surface area contributed by atoms with Crippen LogP contribution in [0.4, 0.5) is 5.69 Å². The quantitative estimate of drug-likeness (QED) is 0.643. The van der Waals surface area contributed by atoms with E-state index in [9.17, 15) is 9.59 Å². The summed E-state index contributed by atoms with van der Waals surface area (Å²) in [4.78, 5) is 23.2. The Morgan fingerprint density at radius 1 is 1.18 bits per heavy atom. The van der Waals surface area contributed by atoms with Gasteiger partial charge in [-0.05, 0) is 30.3 Å². The van der Waals surface area contributed by atoms with E-state index in [-0.39, 0.29) is 17.4 Å². The summed E-state index contributed by atoms with van der Waals surface area (Å²) >= 11 is 0. The highest BCUT2D eigenvalue weighted by Gasteiger charge is 2.13. The smallest absolute Gasteiger partial charge is 0.341 e. The highest BCUT2D eigenvalue weighted by atomic mass is 16.5. The molecule has 0 radical (unpaired) electrons. The predicted octanol–water partition coefficient (Wildman–Crippen LogP) is 2.21. The van der Waals surface area contributed by atoms with Gasteiger partial charge in [0.1, 0.15) is 6.33 Å². The summed E-state index contributed by atoms with van der Waals surface area (Å²) in [6.45, 7) is -0.503. The van der Waals surface area contributed by atoms with Gasteiger partial charge < -0.3 is 24.5 Å². The van der Waals surface area contributed by atoms with E-state index in [1.54, 1.807) is 23.0 Å². The summed E-state index contributed by atoms with van der Waals surface area (Å²) < 4.78 is 12.1. The van der Waals surface area contributed by atoms with Crippen molar-refractivity contribution >= 4 is 17.6 Å². The lowest BCUT2D eigenvalue weighted by atomic mass is 10.1. The zero-order valence-electron chi connectivity index (χ0n) is 15.2. The average Bonchev–Trinajstić information content (AvgIpc) is 3.12. The molecule has 3 aromatic rings. The summed E-state index contributed by atoms with van der Waals surface area (Å²) in [5.41, 5.74) is 1.74. The summed E-state index contributed by atoms with van der Waals surface area (Å²) in [6, 6.07) is 11.7. The monoisotopic (exact) mass is 382 g/mol. The molecule has 3 rings (SSSR count). The minimum atomic E-state index is -1.10. The van der Waals surface area contributed by atoms with Crippen LogP contribution >= 0.6 is 0 Å². The van der Waals surface area contributed by atoms with Crippen molar-refractivity contribution in [1.82, 2.24) is 14.8 Å². The largest absolute Gasteiger partial charge is 0.493 e. The third-order valence-electron chi connectivity index (χ3n) is 3.87. The second-order valence-corrected chi connectivity index (χ2v) is 5.85. The molecule has 1 heterocycles. The summed E-state index contributed by atoms with van der Waals surface area (Å²) in [5.74, 6) is -0.268. The molecule has 9 heteroatoms. The van der Waals surface area contributed by atoms with Crippen LogP contribution < -0.4 is 14.8 Å². The lowest BCUT2D eigenvalue weighted by Gasteiger charge is -2.11. The zero-order chi connectivity index (χ0) is 20.1. The maximum atomic E-state index is 12.6. The average molecular weight is 382 g/mol. The second-order valence-electron chi connectivity index (χ2n) is 5.85. The number of hydrogen-bond donors (Lipinski definition) is 2. The molecule has 0 bridgehead atoms. The van der Waals surface area contributed by atoms with Gasteiger partial charge >= 0.3 is 5.97 Å². The van der Waals surface area contributed by atoms with Gasteiger partial charge in [-0.25, -0.2) is 4.79 Å². The van der Waals surface area contributed by atoms with Crippen LogP contribution in [-0.4, -0.2) is 45.5 Å². The first kappa shape index (κ1) is 18.9. The van der Waals surface area contributed by atoms with Gasteiger partial charge in [0.25, 0.3) is 5.91 Å². The SMILES string of the molecule is COc1cc(C(=O)Nc2cccc(-c3nncn3C)c2)ccc1OCC(=O)O. The van der Waals surface area contributed by atoms with Crippen molar-refractivity contribution in [2.75, 3.05) is 19.0 Å². The highest BCUT2D eigenvalue weighted by molar-refractivity contribution is 6.04. The number of aryl methyl sites for hydroxylation is 1. The number of aromatic nitrogens is 3. The highest BCUT2D eigenvalue weighted by Crippen LogP contribution is 2.28. The van der Waals surface area contributed by atoms with Crippen molar-refractivity contribution in [2.24, 2.45) is 7.05 Å². The molecule has 0 spiro atoms. The van der Waals surface area contributed by atoms with Crippen LogP contribution in [0, 0.1) is 0 Å². The number of anilines is 1. The lowest BCUT2D eigenvalue weighted by Crippen LogP contribution is -2.13. The van der Waals surface area contributed by atoms with Gasteiger partial charge in [-0.15, -0.1) is 10.2 Å². The van der Waals surface area contributed by atoms with E-state index in [1.165, 1.54) is 25.3 Å². The van der Waals surface area contributed by atoms with Gasteiger partial charge in [-0.2, -0.15) is 0 Å². The fourth-order valence-electron chi connectivity index (χ4n) is 2.55. The van der Waals surface area contributed by atoms with Gasteiger partial charge in [0.15, 0.2) is 23.9 Å². The Labute approximate surface area is 160 Å². The van der Waals surface area contributed by atoms with Crippen LogP contribution in [-0.2, 0) is 11.8 Å². The standard InChI is InChI=1S/C19H18N4O5/c1-23-11-20-22-18(23)12-4-3-5-14(8-12)21-19(26)13-6-7-15(16(9-13)27-2)28-10-17(24)25/h3-9,11H,10H2,1-2H3,(H,21,26)(H,24,25). The van der Waals surface area contributed by atoms with Crippen LogP contribution in [0.15, 0.2) is 48.8 Å². The molecule has 0 saturated heterocycles. The maximum absolute atomic E-state index is 12.6. The number of rotatable bonds is 7. The molecule has 0 fully saturated rings. The Balaban J connectivity index is 1.78. The fourth-order valence-corrected chi connectivity index (χ4v) is 2.55. The number of carboxylic acid groups (broad SMARTS) is 1. The molecule has 144 valence electrons. The molecule has 1 aromatic heterocycles. The van der Waals surface area contributed by atoms with Gasteiger partial charge in [-0.1, -0.05) is 12.1 Å². The van der Waals surface area contributed by atoms with E-state index in [2.05, 4.69) is 15.5 Å². The third-order valence-corrected chi connectivity index (χ3v) is 3.87. The molecule has 2 aromatic carbocycles. The van der Waals surface area contributed by atoms with Crippen LogP contribution in [0.1, 0.15) is 10.4 Å². The molecule has 0 aliphatic carbocycles. The van der Waals surface area contributed by atoms with E-state index >= 15 is 0 Å². The first-order valence-corrected chi connectivity index (χ1v) is 8.26. The van der Waals surface area contributed by atoms with Gasteiger partial charge in [0, 0.05) is 23.9 Å². The molecule has 28 heavy (non-hydrogen) atoms. The number of carbonyl (C=O) groups is 2. The van der Waals surface area contributed by atoms with E-state index in [0.717, 1.165) is 5.56 Å². The molecule has 0 aliphatic rings. The Hall–Kier alpha value is -3.88. The number of ether oxygens (including phenoxy) is 2. The van der Waals surface area contributed by atoms with Crippen molar-refractivity contribution < 1.29 is 24.2 Å². The summed E-state index contributed by atoms with van der Waals surface area (Å²) in [5, 5.41) is 19.4. The van der Waals surface area contributed by atoms with E-state index in [4.69, 9.17) is 14.6 Å². The molecular formula is C19H18N4O5. The number of carbonyl (C=O) groups excluding carboxylic acids is 1. The maximum Gasteiger partial charge on any atom is 0.341 e. The minimum absolute atomic E-state index is 0.241. The Morgan fingerprint density at radius 2 is 2.00 bits per heavy atom. The molecule has 0 unspecified atom stereocenters. The topological polar surface area (TPSA) is 116 Å². The van der Waals surface area contributed by atoms with Crippen LogP contribution in [0.3, 0.4) is 0 Å². The molecule has 0 saturated carbocycles. The Kier molecular flexibility index (Phi) is 5.54. The number of aliphatic carboxylic acids is 1. The zero-order valence-corrected chi connectivity index (χ0v) is 15.2. The normalized spacial score (nSPS) is 10.4. The molecule has 1 amide bonds. The summed E-state index contributed by atoms with van der Waals surface area (Å²) in [6.07, 6.45) is 1.60. The number of methoxy groups -OCH3 is 1. The van der Waals surface area contributed by atoms with E-state index < -0.39 is 12.6 Å². The van der Waals surface area contributed by atoms with Crippen molar-refractivity contribution in [2.45, 2.75) is 0 Å². The van der Waals surface area contributed by atoms with Crippen LogP contribution in [0.2, 0.25) is 0 Å². The van der Waals surface area contributed by atoms with Crippen molar-refractivity contribution in [1.29, 1.82) is 0 Å². The number of hydrogen-bond acceptors (Lipinski definition) is 6. The van der Waals surface area contributed by atoms with Crippen LogP contribution in [0.5, 0.6) is 11.5 Å². The van der Waals surface area contributed by atoms with Crippen molar-refractivity contribution in [3.63, 3.8) is 0 Å². The fraction of sp³-hybridized carbons (Fsp3) is 0.158. The molecule has 9 nitrogen and oxygen atoms in total. The second kappa shape index (κ2) is 8.21. The van der Waals surface area contributed by atoms with Crippen molar-refractivity contribution in [3.8, 4) is 22.9 Å². The number of carboxylic acids is 1. The van der Waals surface area contributed by atoms with Gasteiger partial charge in [0.2, 0.25) is 0 Å². The van der Waals surface area contributed by atoms with E-state index in [0.29, 0.717) is 17.1 Å². The number of nitrogens with zero attached hydrogens (tertiary/aromatic N) is 3. The molecule has 0 atom stereocenters. The van der Waals surface area contributed by atoms with Gasteiger partial charge in [-0.3, -0.25) is 4.79 Å². The van der Waals surface area contributed by atoms with E-state index in [1.807, 2.05) is 19.2 Å². The first-order valence-electron chi connectivity index (χ1n) is 8.26. The predicted molar refractivity (Wildman–Crippen MR) is 101 cm³/mol. The molecular weight excluding hydrogens is 364 g/mol. The van der Waals surface area contributed by atoms with Crippen molar-refractivity contribution in [3.05, 3.63) is 54.4 Å². The molecule has 0 aliphatic heterocycles. The minimum Gasteiger partial charge on any atom is -0.493 e. The first-order chi connectivity index (χ1) is 13.5. The molecule has 2 N–H and O–H groups in total. The third kappa shape index (κ3) is 4.26. The van der Waals surface area contributed by atoms with Crippen LogP contribution in [0.25, 0.3) is 11.4 Å². The summed E-state index contributed by atoms with van der Waals surface area (Å²) in [7, 11) is 3.25. The number of nitrogens with one attached hydrogen (secondary N) is 1. The van der Waals surface area contributed by atoms with Gasteiger partial charge in [0.05, 0.1) is 7.11 Å².